The van der Waals surface area contributed by atoms with Crippen molar-refractivity contribution in [1.29, 1.82) is 0 Å². The molecule has 0 radical (unpaired) electrons. The SMILES string of the molecule is Cn1nc(-c2ccc(OCc3ccc(Cl)cc3)cc2)c(=O)n(C)c1=S. The molecule has 0 saturated carbocycles. The van der Waals surface area contributed by atoms with Crippen LogP contribution in [0.1, 0.15) is 5.56 Å². The summed E-state index contributed by atoms with van der Waals surface area (Å²) < 4.78 is 9.04. The maximum atomic E-state index is 12.3. The first kappa shape index (κ1) is 17.4. The predicted molar refractivity (Wildman–Crippen MR) is 101 cm³/mol. The second-order valence-electron chi connectivity index (χ2n) is 5.56. The van der Waals surface area contributed by atoms with Crippen molar-refractivity contribution in [1.82, 2.24) is 14.3 Å². The number of hydrogen-bond acceptors (Lipinski definition) is 4. The van der Waals surface area contributed by atoms with E-state index in [1.54, 1.807) is 14.1 Å². The first-order valence-electron chi connectivity index (χ1n) is 7.58. The number of rotatable bonds is 4. The molecule has 0 aliphatic heterocycles. The normalized spacial score (nSPS) is 10.7. The van der Waals surface area contributed by atoms with Crippen molar-refractivity contribution in [3.8, 4) is 17.0 Å². The van der Waals surface area contributed by atoms with Gasteiger partial charge in [-0.15, -0.1) is 0 Å². The molecule has 5 nitrogen and oxygen atoms in total. The zero-order valence-corrected chi connectivity index (χ0v) is 15.3. The Hall–Kier alpha value is -2.44. The lowest BCUT2D eigenvalue weighted by atomic mass is 10.1. The van der Waals surface area contributed by atoms with Crippen molar-refractivity contribution in [3.05, 3.63) is 74.2 Å². The van der Waals surface area contributed by atoms with E-state index in [2.05, 4.69) is 5.10 Å². The van der Waals surface area contributed by atoms with Crippen LogP contribution in [0, 0.1) is 4.77 Å². The molecular formula is C18H16ClN3O2S. The molecule has 0 amide bonds. The smallest absolute Gasteiger partial charge is 0.280 e. The Morgan fingerprint density at radius 2 is 1.72 bits per heavy atom. The minimum Gasteiger partial charge on any atom is -0.489 e. The number of ether oxygens (including phenoxy) is 1. The van der Waals surface area contributed by atoms with Crippen LogP contribution in [0.15, 0.2) is 53.3 Å². The second kappa shape index (κ2) is 7.21. The van der Waals surface area contributed by atoms with E-state index in [0.717, 1.165) is 5.56 Å². The molecule has 25 heavy (non-hydrogen) atoms. The lowest BCUT2D eigenvalue weighted by Crippen LogP contribution is -2.25. The van der Waals surface area contributed by atoms with Crippen LogP contribution in [0.3, 0.4) is 0 Å². The third-order valence-electron chi connectivity index (χ3n) is 3.77. The Labute approximate surface area is 155 Å². The monoisotopic (exact) mass is 373 g/mol. The number of benzene rings is 2. The molecule has 0 saturated heterocycles. The summed E-state index contributed by atoms with van der Waals surface area (Å²) in [5.41, 5.74) is 1.86. The van der Waals surface area contributed by atoms with E-state index in [9.17, 15) is 4.79 Å². The van der Waals surface area contributed by atoms with E-state index in [0.29, 0.717) is 33.4 Å². The highest BCUT2D eigenvalue weighted by molar-refractivity contribution is 7.71. The zero-order chi connectivity index (χ0) is 18.0. The van der Waals surface area contributed by atoms with E-state index in [-0.39, 0.29) is 5.56 Å². The summed E-state index contributed by atoms with van der Waals surface area (Å²) in [6.07, 6.45) is 0. The summed E-state index contributed by atoms with van der Waals surface area (Å²) in [6, 6.07) is 14.7. The van der Waals surface area contributed by atoms with Crippen LogP contribution >= 0.6 is 23.8 Å². The van der Waals surface area contributed by atoms with Gasteiger partial charge in [-0.2, -0.15) is 5.10 Å². The molecule has 0 atom stereocenters. The fourth-order valence-electron chi connectivity index (χ4n) is 2.34. The molecule has 0 fully saturated rings. The molecule has 3 aromatic rings. The van der Waals surface area contributed by atoms with E-state index >= 15 is 0 Å². The summed E-state index contributed by atoms with van der Waals surface area (Å²) in [5, 5.41) is 4.96. The molecule has 2 aromatic carbocycles. The molecule has 7 heteroatoms. The molecule has 0 N–H and O–H groups in total. The quantitative estimate of drug-likeness (QED) is 0.653. The van der Waals surface area contributed by atoms with Crippen LogP contribution in [0.2, 0.25) is 5.02 Å². The lowest BCUT2D eigenvalue weighted by molar-refractivity contribution is 0.306. The van der Waals surface area contributed by atoms with Crippen LogP contribution in [-0.4, -0.2) is 14.3 Å². The summed E-state index contributed by atoms with van der Waals surface area (Å²) >= 11 is 11.0. The van der Waals surface area contributed by atoms with Gasteiger partial charge in [-0.3, -0.25) is 9.36 Å². The van der Waals surface area contributed by atoms with Crippen LogP contribution in [0.25, 0.3) is 11.3 Å². The van der Waals surface area contributed by atoms with Gasteiger partial charge in [-0.25, -0.2) is 4.68 Å². The van der Waals surface area contributed by atoms with Crippen molar-refractivity contribution in [2.75, 3.05) is 0 Å². The fourth-order valence-corrected chi connectivity index (χ4v) is 2.59. The predicted octanol–water partition coefficient (Wildman–Crippen LogP) is 3.75. The van der Waals surface area contributed by atoms with Crippen LogP contribution in [0.4, 0.5) is 0 Å². The van der Waals surface area contributed by atoms with Crippen LogP contribution < -0.4 is 10.3 Å². The van der Waals surface area contributed by atoms with Crippen molar-refractivity contribution in [2.24, 2.45) is 14.1 Å². The summed E-state index contributed by atoms with van der Waals surface area (Å²) in [5.74, 6) is 0.708. The van der Waals surface area contributed by atoms with Crippen molar-refractivity contribution in [2.45, 2.75) is 6.61 Å². The second-order valence-corrected chi connectivity index (χ2v) is 6.36. The summed E-state index contributed by atoms with van der Waals surface area (Å²) in [7, 11) is 3.36. The molecular weight excluding hydrogens is 358 g/mol. The molecule has 0 bridgehead atoms. The van der Waals surface area contributed by atoms with Crippen molar-refractivity contribution < 1.29 is 4.74 Å². The lowest BCUT2D eigenvalue weighted by Gasteiger charge is -2.09. The Morgan fingerprint density at radius 1 is 1.08 bits per heavy atom. The number of hydrogen-bond donors (Lipinski definition) is 0. The maximum Gasteiger partial charge on any atom is 0.280 e. The average molecular weight is 374 g/mol. The third-order valence-corrected chi connectivity index (χ3v) is 4.56. The topological polar surface area (TPSA) is 49.1 Å². The Bertz CT molecular complexity index is 1010. The summed E-state index contributed by atoms with van der Waals surface area (Å²) in [6.45, 7) is 0.441. The molecule has 0 aliphatic rings. The zero-order valence-electron chi connectivity index (χ0n) is 13.8. The number of nitrogens with zero attached hydrogens (tertiary/aromatic N) is 3. The van der Waals surface area contributed by atoms with E-state index in [4.69, 9.17) is 28.6 Å². The van der Waals surface area contributed by atoms with Crippen LogP contribution in [0.5, 0.6) is 5.75 Å². The Balaban J connectivity index is 1.80. The number of aromatic nitrogens is 3. The molecule has 1 aromatic heterocycles. The van der Waals surface area contributed by atoms with Crippen LogP contribution in [-0.2, 0) is 20.7 Å². The maximum absolute atomic E-state index is 12.3. The first-order valence-corrected chi connectivity index (χ1v) is 8.36. The van der Waals surface area contributed by atoms with E-state index < -0.39 is 0 Å². The van der Waals surface area contributed by atoms with Gasteiger partial charge in [-0.1, -0.05) is 23.7 Å². The molecule has 128 valence electrons. The van der Waals surface area contributed by atoms with E-state index in [1.165, 1.54) is 9.25 Å². The highest BCUT2D eigenvalue weighted by Crippen LogP contribution is 2.19. The van der Waals surface area contributed by atoms with Gasteiger partial charge in [0, 0.05) is 24.7 Å². The van der Waals surface area contributed by atoms with Gasteiger partial charge < -0.3 is 4.74 Å². The molecule has 3 rings (SSSR count). The largest absolute Gasteiger partial charge is 0.489 e. The Morgan fingerprint density at radius 3 is 2.36 bits per heavy atom. The fraction of sp³-hybridized carbons (Fsp3) is 0.167. The number of halogens is 1. The van der Waals surface area contributed by atoms with Gasteiger partial charge in [0.25, 0.3) is 5.56 Å². The third kappa shape index (κ3) is 3.81. The Kier molecular flexibility index (Phi) is 5.01. The van der Waals surface area contributed by atoms with Gasteiger partial charge in [0.15, 0.2) is 10.5 Å². The van der Waals surface area contributed by atoms with Gasteiger partial charge in [0.1, 0.15) is 12.4 Å². The van der Waals surface area contributed by atoms with Gasteiger partial charge in [0.2, 0.25) is 0 Å². The number of aryl methyl sites for hydroxylation is 1. The standard InChI is InChI=1S/C18H16ClN3O2S/c1-21-17(23)16(20-22(2)18(21)25)13-5-9-15(10-6-13)24-11-12-3-7-14(19)8-4-12/h3-10H,11H2,1-2H3. The highest BCUT2D eigenvalue weighted by Gasteiger charge is 2.09. The van der Waals surface area contributed by atoms with Gasteiger partial charge in [0.05, 0.1) is 0 Å². The summed E-state index contributed by atoms with van der Waals surface area (Å²) in [4.78, 5) is 12.3. The molecule has 0 unspecified atom stereocenters. The minimum atomic E-state index is -0.224. The van der Waals surface area contributed by atoms with Crippen molar-refractivity contribution in [3.63, 3.8) is 0 Å². The molecule has 0 aliphatic carbocycles. The average Bonchev–Trinajstić information content (AvgIpc) is 2.63. The van der Waals surface area contributed by atoms with E-state index in [1.807, 2.05) is 48.5 Å². The van der Waals surface area contributed by atoms with Gasteiger partial charge >= 0.3 is 0 Å². The molecule has 0 spiro atoms. The first-order chi connectivity index (χ1) is 12.0. The van der Waals surface area contributed by atoms with Gasteiger partial charge in [-0.05, 0) is 54.2 Å². The van der Waals surface area contributed by atoms with Crippen molar-refractivity contribution >= 4 is 23.8 Å². The highest BCUT2D eigenvalue weighted by atomic mass is 35.5. The molecule has 1 heterocycles. The minimum absolute atomic E-state index is 0.224.